The molecule has 0 aliphatic heterocycles. The maximum atomic E-state index is 13.6. The summed E-state index contributed by atoms with van der Waals surface area (Å²) < 4.78 is 12.2. The molecular weight excluding hydrogens is 319 g/mol. The Bertz CT molecular complexity index is 681. The van der Waals surface area contributed by atoms with Crippen LogP contribution >= 0.6 is 7.72 Å². The summed E-state index contributed by atoms with van der Waals surface area (Å²) in [6.45, 7) is 10.7. The quantitative estimate of drug-likeness (QED) is 0.680. The van der Waals surface area contributed by atoms with E-state index in [1.54, 1.807) is 0 Å². The van der Waals surface area contributed by atoms with E-state index in [2.05, 4.69) is 0 Å². The molecule has 0 atom stereocenters. The van der Waals surface area contributed by atoms with Crippen LogP contribution in [0.4, 0.5) is 0 Å². The van der Waals surface area contributed by atoms with Gasteiger partial charge in [0.1, 0.15) is 0 Å². The van der Waals surface area contributed by atoms with E-state index >= 15 is 0 Å². The maximum absolute atomic E-state index is 13.6. The van der Waals surface area contributed by atoms with Crippen LogP contribution in [0.1, 0.15) is 40.9 Å². The second-order valence-corrected chi connectivity index (χ2v) is 8.79. The fourth-order valence-corrected chi connectivity index (χ4v) is 6.35. The van der Waals surface area contributed by atoms with E-state index in [9.17, 15) is 4.79 Å². The molecule has 0 aliphatic rings. The van der Waals surface area contributed by atoms with Crippen LogP contribution in [0, 0.1) is 20.8 Å². The van der Waals surface area contributed by atoms with Gasteiger partial charge in [0.05, 0.1) is 0 Å². The van der Waals surface area contributed by atoms with Crippen molar-refractivity contribution in [1.82, 2.24) is 0 Å². The summed E-state index contributed by atoms with van der Waals surface area (Å²) >= 11 is 0. The van der Waals surface area contributed by atoms with Crippen LogP contribution in [0.25, 0.3) is 0 Å². The topological polar surface area (TPSA) is 35.5 Å². The van der Waals surface area contributed by atoms with Crippen molar-refractivity contribution >= 4 is 18.5 Å². The third-order valence-corrected chi connectivity index (χ3v) is 7.38. The third-order valence-electron chi connectivity index (χ3n) is 4.05. The van der Waals surface area contributed by atoms with E-state index in [-0.39, 0.29) is 5.52 Å². The van der Waals surface area contributed by atoms with Crippen LogP contribution < -0.4 is 5.30 Å². The Morgan fingerprint density at radius 1 is 0.917 bits per heavy atom. The van der Waals surface area contributed by atoms with Gasteiger partial charge in [0, 0.05) is 0 Å². The second kappa shape index (κ2) is 8.02. The van der Waals surface area contributed by atoms with Crippen LogP contribution in [-0.4, -0.2) is 18.7 Å². The molecule has 0 amide bonds. The number of aryl methyl sites for hydroxylation is 3. The van der Waals surface area contributed by atoms with Gasteiger partial charge >= 0.3 is 145 Å². The van der Waals surface area contributed by atoms with Crippen LogP contribution in [-0.2, 0) is 9.05 Å². The number of hydrogen-bond donors (Lipinski definition) is 0. The van der Waals surface area contributed by atoms with Gasteiger partial charge in [-0.2, -0.15) is 0 Å². The van der Waals surface area contributed by atoms with Crippen molar-refractivity contribution in [2.24, 2.45) is 0 Å². The van der Waals surface area contributed by atoms with Crippen molar-refractivity contribution in [3.05, 3.63) is 64.7 Å². The van der Waals surface area contributed by atoms with Gasteiger partial charge in [-0.05, 0) is 0 Å². The first kappa shape index (κ1) is 18.8. The minimum atomic E-state index is -3.23. The molecule has 0 saturated carbocycles. The molecule has 0 saturated heterocycles. The molecule has 0 N–H and O–H groups in total. The summed E-state index contributed by atoms with van der Waals surface area (Å²) in [6, 6.07) is 13.8. The van der Waals surface area contributed by atoms with Gasteiger partial charge in [-0.15, -0.1) is 0 Å². The molecule has 3 nitrogen and oxygen atoms in total. The molecule has 0 aromatic heterocycles. The summed E-state index contributed by atoms with van der Waals surface area (Å²) in [6.07, 6.45) is 0. The fourth-order valence-electron chi connectivity index (χ4n) is 3.24. The summed E-state index contributed by atoms with van der Waals surface area (Å²) in [5, 5.41) is 0.859. The molecule has 0 unspecified atom stereocenters. The normalized spacial score (nSPS) is 12.2. The zero-order valence-electron chi connectivity index (χ0n) is 15.2. The Morgan fingerprint density at radius 3 is 1.88 bits per heavy atom. The molecule has 0 heterocycles. The molecule has 130 valence electrons. The number of benzene rings is 2. The number of carbonyl (C=O) groups excluding carboxylic acids is 1. The van der Waals surface area contributed by atoms with Gasteiger partial charge in [-0.1, -0.05) is 0 Å². The molecular formula is C20H27O3P. The van der Waals surface area contributed by atoms with Crippen molar-refractivity contribution < 1.29 is 13.8 Å². The van der Waals surface area contributed by atoms with Crippen LogP contribution in [0.3, 0.4) is 0 Å². The zero-order valence-corrected chi connectivity index (χ0v) is 16.2. The second-order valence-electron chi connectivity index (χ2n) is 5.95. The van der Waals surface area contributed by atoms with E-state index in [0.717, 1.165) is 27.6 Å². The monoisotopic (exact) mass is 346 g/mol. The van der Waals surface area contributed by atoms with E-state index in [1.807, 2.05) is 77.1 Å². The molecule has 0 spiro atoms. The first-order valence-corrected chi connectivity index (χ1v) is 10.2. The van der Waals surface area contributed by atoms with Gasteiger partial charge in [0.15, 0.2) is 0 Å². The Hall–Kier alpha value is -1.54. The van der Waals surface area contributed by atoms with Crippen molar-refractivity contribution in [2.45, 2.75) is 34.6 Å². The molecule has 2 rings (SSSR count). The molecule has 0 bridgehead atoms. The summed E-state index contributed by atoms with van der Waals surface area (Å²) in [7, 11) is -3.23. The van der Waals surface area contributed by atoms with Crippen molar-refractivity contribution in [2.75, 3.05) is 13.2 Å². The summed E-state index contributed by atoms with van der Waals surface area (Å²) in [4.78, 5) is 13.6. The zero-order chi connectivity index (χ0) is 17.7. The van der Waals surface area contributed by atoms with Crippen molar-refractivity contribution in [1.29, 1.82) is 0 Å². The number of rotatable bonds is 7. The Labute approximate surface area is 145 Å². The van der Waals surface area contributed by atoms with Crippen LogP contribution in [0.5, 0.6) is 0 Å². The Balaban J connectivity index is 2.65. The molecule has 4 heteroatoms. The van der Waals surface area contributed by atoms with Gasteiger partial charge in [-0.25, -0.2) is 0 Å². The molecule has 2 aromatic rings. The van der Waals surface area contributed by atoms with Gasteiger partial charge in [-0.3, -0.25) is 0 Å². The number of carbonyl (C=O) groups is 1. The van der Waals surface area contributed by atoms with Gasteiger partial charge < -0.3 is 0 Å². The van der Waals surface area contributed by atoms with E-state index < -0.39 is 7.72 Å². The number of hydrogen-bond acceptors (Lipinski definition) is 3. The molecule has 24 heavy (non-hydrogen) atoms. The molecule has 0 aliphatic carbocycles. The van der Waals surface area contributed by atoms with E-state index in [0.29, 0.717) is 13.2 Å². The molecule has 0 fully saturated rings. The predicted octanol–water partition coefficient (Wildman–Crippen LogP) is 4.73. The Morgan fingerprint density at radius 2 is 1.42 bits per heavy atom. The van der Waals surface area contributed by atoms with Crippen LogP contribution in [0.15, 0.2) is 42.5 Å². The SMILES string of the molecule is CCO[PH](OCC)(C(=O)c1c(C)cc(C)cc1C)c1ccccc1. The predicted molar refractivity (Wildman–Crippen MR) is 103 cm³/mol. The van der Waals surface area contributed by atoms with Crippen LogP contribution in [0.2, 0.25) is 0 Å². The van der Waals surface area contributed by atoms with Gasteiger partial charge in [0.25, 0.3) is 0 Å². The van der Waals surface area contributed by atoms with E-state index in [4.69, 9.17) is 9.05 Å². The first-order valence-electron chi connectivity index (χ1n) is 8.42. The Kier molecular flexibility index (Phi) is 6.28. The van der Waals surface area contributed by atoms with Crippen molar-refractivity contribution in [3.63, 3.8) is 0 Å². The average Bonchev–Trinajstić information content (AvgIpc) is 2.54. The van der Waals surface area contributed by atoms with Crippen molar-refractivity contribution in [3.8, 4) is 0 Å². The molecule has 0 radical (unpaired) electrons. The first-order chi connectivity index (χ1) is 11.5. The standard InChI is InChI=1S/C20H27O3P/c1-6-22-24(23-7-2,18-11-9-8-10-12-18)20(21)19-16(4)13-15(3)14-17(19)5/h8-14,24H,6-7H2,1-5H3. The fraction of sp³-hybridized carbons (Fsp3) is 0.350. The summed E-state index contributed by atoms with van der Waals surface area (Å²) in [5.41, 5.74) is 3.83. The van der Waals surface area contributed by atoms with E-state index in [1.165, 1.54) is 0 Å². The van der Waals surface area contributed by atoms with Gasteiger partial charge in [0.2, 0.25) is 0 Å². The third kappa shape index (κ3) is 3.59. The minimum absolute atomic E-state index is 0.00704. The summed E-state index contributed by atoms with van der Waals surface area (Å²) in [5.74, 6) is 0. The average molecular weight is 346 g/mol. The molecule has 2 aromatic carbocycles.